The third-order valence-corrected chi connectivity index (χ3v) is 2.26. The van der Waals surface area contributed by atoms with Crippen LogP contribution in [-0.4, -0.2) is 36.0 Å². The summed E-state index contributed by atoms with van der Waals surface area (Å²) in [5.41, 5.74) is -1.60. The van der Waals surface area contributed by atoms with Crippen LogP contribution in [0.2, 0.25) is 0 Å². The summed E-state index contributed by atoms with van der Waals surface area (Å²) in [6, 6.07) is 0. The van der Waals surface area contributed by atoms with Gasteiger partial charge in [0.25, 0.3) is 0 Å². The highest BCUT2D eigenvalue weighted by atomic mass is 32.2. The third-order valence-electron chi connectivity index (χ3n) is 1.54. The molecule has 1 aromatic rings. The molecule has 0 spiro atoms. The van der Waals surface area contributed by atoms with Crippen molar-refractivity contribution < 1.29 is 8.42 Å². The van der Waals surface area contributed by atoms with E-state index in [0.717, 1.165) is 17.2 Å². The van der Waals surface area contributed by atoms with Crippen molar-refractivity contribution in [2.45, 2.75) is 6.54 Å². The van der Waals surface area contributed by atoms with Gasteiger partial charge in [-0.1, -0.05) is 0 Å². The number of aromatic nitrogens is 3. The number of H-pyrrole nitrogens is 1. The Morgan fingerprint density at radius 2 is 2.20 bits per heavy atom. The largest absolute Gasteiger partial charge is 0.330 e. The minimum atomic E-state index is -3.29. The first-order chi connectivity index (χ1) is 6.90. The molecule has 0 fully saturated rings. The normalized spacial score (nSPS) is 11.5. The van der Waals surface area contributed by atoms with Gasteiger partial charge in [0.2, 0.25) is 10.0 Å². The van der Waals surface area contributed by atoms with Gasteiger partial charge in [-0.3, -0.25) is 14.2 Å². The highest BCUT2D eigenvalue weighted by Gasteiger charge is 2.02. The molecule has 0 aliphatic heterocycles. The van der Waals surface area contributed by atoms with E-state index >= 15 is 0 Å². The summed E-state index contributed by atoms with van der Waals surface area (Å²) < 4.78 is 24.6. The van der Waals surface area contributed by atoms with Gasteiger partial charge in [-0.05, 0) is 0 Å². The second-order valence-electron chi connectivity index (χ2n) is 2.85. The van der Waals surface area contributed by atoms with Crippen molar-refractivity contribution in [3.63, 3.8) is 0 Å². The van der Waals surface area contributed by atoms with E-state index in [1.165, 1.54) is 0 Å². The van der Waals surface area contributed by atoms with Crippen molar-refractivity contribution in [2.24, 2.45) is 0 Å². The van der Waals surface area contributed by atoms with Gasteiger partial charge in [-0.2, -0.15) is 5.10 Å². The molecule has 0 atom stereocenters. The van der Waals surface area contributed by atoms with Gasteiger partial charge in [0.05, 0.1) is 6.26 Å². The van der Waals surface area contributed by atoms with Gasteiger partial charge in [0.1, 0.15) is 6.33 Å². The molecule has 0 unspecified atom stereocenters. The van der Waals surface area contributed by atoms with E-state index in [1.807, 2.05) is 5.10 Å². The zero-order valence-electron chi connectivity index (χ0n) is 7.93. The molecule has 1 rings (SSSR count). The minimum absolute atomic E-state index is 0.0316. The zero-order valence-corrected chi connectivity index (χ0v) is 8.74. The first kappa shape index (κ1) is 11.6. The molecular formula is C6H10N4O4S. The number of aromatic amines is 1. The van der Waals surface area contributed by atoms with Crippen molar-refractivity contribution in [1.29, 1.82) is 0 Å². The first-order valence-electron chi connectivity index (χ1n) is 3.99. The topological polar surface area (TPSA) is 114 Å². The molecule has 84 valence electrons. The number of hydrogen-bond acceptors (Lipinski definition) is 5. The Morgan fingerprint density at radius 1 is 1.53 bits per heavy atom. The molecular weight excluding hydrogens is 224 g/mol. The lowest BCUT2D eigenvalue weighted by Crippen LogP contribution is -2.39. The molecule has 0 saturated heterocycles. The number of nitrogens with one attached hydrogen (secondary N) is 2. The highest BCUT2D eigenvalue weighted by Crippen LogP contribution is 1.76. The van der Waals surface area contributed by atoms with Crippen LogP contribution in [0.3, 0.4) is 0 Å². The molecule has 2 N–H and O–H groups in total. The number of nitrogens with zero attached hydrogens (tertiary/aromatic N) is 2. The maximum absolute atomic E-state index is 11.1. The van der Waals surface area contributed by atoms with Crippen LogP contribution in [0.1, 0.15) is 0 Å². The average Bonchev–Trinajstić information content (AvgIpc) is 2.10. The van der Waals surface area contributed by atoms with E-state index in [0.29, 0.717) is 0 Å². The first-order valence-corrected chi connectivity index (χ1v) is 5.88. The van der Waals surface area contributed by atoms with E-state index in [2.05, 4.69) is 9.82 Å². The van der Waals surface area contributed by atoms with E-state index in [-0.39, 0.29) is 13.1 Å². The summed E-state index contributed by atoms with van der Waals surface area (Å²) in [6.45, 7) is 0.0900. The molecule has 0 bridgehead atoms. The molecule has 0 radical (unpaired) electrons. The Hall–Kier alpha value is -1.48. The van der Waals surface area contributed by atoms with Crippen LogP contribution >= 0.6 is 0 Å². The summed E-state index contributed by atoms with van der Waals surface area (Å²) in [7, 11) is -3.29. The van der Waals surface area contributed by atoms with Gasteiger partial charge >= 0.3 is 11.1 Å². The number of hydrogen-bond donors (Lipinski definition) is 2. The fraction of sp³-hybridized carbons (Fsp3) is 0.500. The van der Waals surface area contributed by atoms with Crippen molar-refractivity contribution >= 4 is 10.0 Å². The average molecular weight is 234 g/mol. The molecule has 15 heavy (non-hydrogen) atoms. The van der Waals surface area contributed by atoms with E-state index < -0.39 is 21.1 Å². The maximum Gasteiger partial charge on any atom is 0.330 e. The summed E-state index contributed by atoms with van der Waals surface area (Å²) in [4.78, 5) is 21.9. The van der Waals surface area contributed by atoms with Crippen molar-refractivity contribution in [3.05, 3.63) is 27.0 Å². The Kier molecular flexibility index (Phi) is 3.37. The van der Waals surface area contributed by atoms with Crippen LogP contribution < -0.4 is 15.8 Å². The zero-order chi connectivity index (χ0) is 11.5. The lowest BCUT2D eigenvalue weighted by Gasteiger charge is -2.03. The van der Waals surface area contributed by atoms with Crippen LogP contribution in [0.4, 0.5) is 0 Å². The fourth-order valence-corrected chi connectivity index (χ4v) is 1.36. The molecule has 0 saturated carbocycles. The van der Waals surface area contributed by atoms with Crippen LogP contribution in [0.15, 0.2) is 15.9 Å². The highest BCUT2D eigenvalue weighted by molar-refractivity contribution is 7.88. The summed E-state index contributed by atoms with van der Waals surface area (Å²) >= 11 is 0. The minimum Gasteiger partial charge on any atom is -0.292 e. The fourth-order valence-electron chi connectivity index (χ4n) is 0.899. The Bertz CT molecular complexity index is 543. The predicted octanol–water partition coefficient (Wildman–Crippen LogP) is -2.52. The third kappa shape index (κ3) is 3.64. The van der Waals surface area contributed by atoms with E-state index in [1.54, 1.807) is 0 Å². The lowest BCUT2D eigenvalue weighted by atomic mass is 10.6. The van der Waals surface area contributed by atoms with Crippen LogP contribution in [0.5, 0.6) is 0 Å². The number of sulfonamides is 1. The lowest BCUT2D eigenvalue weighted by molar-refractivity contribution is 0.570. The predicted molar refractivity (Wildman–Crippen MR) is 52.0 cm³/mol. The van der Waals surface area contributed by atoms with E-state index in [4.69, 9.17) is 0 Å². The summed E-state index contributed by atoms with van der Waals surface area (Å²) in [5, 5.41) is 5.38. The molecule has 1 aromatic heterocycles. The Morgan fingerprint density at radius 3 is 2.80 bits per heavy atom. The number of rotatable bonds is 4. The van der Waals surface area contributed by atoms with Gasteiger partial charge in [-0.25, -0.2) is 18.2 Å². The Balaban J connectivity index is 2.71. The second-order valence-corrected chi connectivity index (χ2v) is 4.68. The van der Waals surface area contributed by atoms with Gasteiger partial charge in [-0.15, -0.1) is 0 Å². The summed E-state index contributed by atoms with van der Waals surface area (Å²) in [5.74, 6) is 0. The van der Waals surface area contributed by atoms with Gasteiger partial charge in [0.15, 0.2) is 0 Å². The van der Waals surface area contributed by atoms with Crippen LogP contribution in [0.25, 0.3) is 0 Å². The van der Waals surface area contributed by atoms with Crippen LogP contribution in [-0.2, 0) is 16.6 Å². The molecule has 0 aliphatic rings. The molecule has 8 nitrogen and oxygen atoms in total. The van der Waals surface area contributed by atoms with Crippen molar-refractivity contribution in [3.8, 4) is 0 Å². The van der Waals surface area contributed by atoms with Crippen molar-refractivity contribution in [1.82, 2.24) is 19.5 Å². The second kappa shape index (κ2) is 4.36. The molecule has 0 amide bonds. The van der Waals surface area contributed by atoms with Gasteiger partial charge in [0, 0.05) is 13.1 Å². The van der Waals surface area contributed by atoms with Crippen molar-refractivity contribution in [2.75, 3.05) is 12.8 Å². The van der Waals surface area contributed by atoms with E-state index in [9.17, 15) is 18.0 Å². The quantitative estimate of drug-likeness (QED) is 0.558. The van der Waals surface area contributed by atoms with Crippen LogP contribution in [0, 0.1) is 0 Å². The Labute approximate surface area is 85.0 Å². The standard InChI is InChI=1S/C6H10N4O4S/c1-15(13,14)8-2-3-10-4-7-9-5(11)6(10)12/h4,8H,2-3H2,1H3,(H,9,11). The molecule has 9 heteroatoms. The molecule has 0 aliphatic carbocycles. The maximum atomic E-state index is 11.1. The SMILES string of the molecule is CS(=O)(=O)NCCn1cn[nH]c(=O)c1=O. The summed E-state index contributed by atoms with van der Waals surface area (Å²) in [6.07, 6.45) is 2.14. The smallest absolute Gasteiger partial charge is 0.292 e. The molecule has 1 heterocycles. The van der Waals surface area contributed by atoms with Gasteiger partial charge < -0.3 is 0 Å². The monoisotopic (exact) mass is 234 g/mol. The molecule has 0 aromatic carbocycles.